The predicted octanol–water partition coefficient (Wildman–Crippen LogP) is 2.31. The molecular weight excluding hydrogens is 276 g/mol. The minimum absolute atomic E-state index is 0.181. The lowest BCUT2D eigenvalue weighted by Gasteiger charge is -2.11. The quantitative estimate of drug-likeness (QED) is 0.635. The van der Waals surface area contributed by atoms with Crippen LogP contribution in [0.15, 0.2) is 59.7 Å². The fourth-order valence-electron chi connectivity index (χ4n) is 1.82. The van der Waals surface area contributed by atoms with Gasteiger partial charge in [-0.05, 0) is 29.8 Å². The number of hydrogen-bond acceptors (Lipinski definition) is 4. The molecular formula is C17H20N4O. The fourth-order valence-corrected chi connectivity index (χ4v) is 1.82. The van der Waals surface area contributed by atoms with Crippen molar-refractivity contribution in [3.8, 4) is 0 Å². The molecule has 5 nitrogen and oxygen atoms in total. The number of hydrogen-bond donors (Lipinski definition) is 2. The molecule has 0 aliphatic heterocycles. The highest BCUT2D eigenvalue weighted by molar-refractivity contribution is 5.84. The molecule has 0 unspecified atom stereocenters. The second-order valence-corrected chi connectivity index (χ2v) is 5.00. The molecule has 1 amide bonds. The standard InChI is InChI=1S/C17H20N4O/c1-21(2)16-10-8-14(9-11-16)12-19-20-17(22)13-18-15-6-4-3-5-7-15/h3-12,18H,13H2,1-2H3,(H,20,22)/b19-12-. The lowest BCUT2D eigenvalue weighted by Crippen LogP contribution is -2.25. The number of nitrogens with one attached hydrogen (secondary N) is 2. The molecule has 0 aliphatic rings. The number of anilines is 2. The molecule has 2 aromatic rings. The molecule has 0 saturated heterocycles. The van der Waals surface area contributed by atoms with Gasteiger partial charge in [-0.15, -0.1) is 0 Å². The average Bonchev–Trinajstić information content (AvgIpc) is 2.54. The van der Waals surface area contributed by atoms with Gasteiger partial charge >= 0.3 is 0 Å². The Balaban J connectivity index is 1.78. The monoisotopic (exact) mass is 296 g/mol. The summed E-state index contributed by atoms with van der Waals surface area (Å²) in [6.45, 7) is 0.181. The smallest absolute Gasteiger partial charge is 0.259 e. The first-order chi connectivity index (χ1) is 10.6. The Morgan fingerprint density at radius 3 is 2.41 bits per heavy atom. The largest absolute Gasteiger partial charge is 0.378 e. The van der Waals surface area contributed by atoms with E-state index < -0.39 is 0 Å². The van der Waals surface area contributed by atoms with Crippen LogP contribution in [0.3, 0.4) is 0 Å². The number of nitrogens with zero attached hydrogens (tertiary/aromatic N) is 2. The van der Waals surface area contributed by atoms with E-state index in [2.05, 4.69) is 15.8 Å². The lowest BCUT2D eigenvalue weighted by molar-refractivity contribution is -0.119. The van der Waals surface area contributed by atoms with Gasteiger partial charge in [0.1, 0.15) is 0 Å². The normalized spacial score (nSPS) is 10.5. The van der Waals surface area contributed by atoms with Crippen LogP contribution in [-0.2, 0) is 4.79 Å². The number of carbonyl (C=O) groups excluding carboxylic acids is 1. The number of hydrazone groups is 1. The third-order valence-electron chi connectivity index (χ3n) is 3.04. The van der Waals surface area contributed by atoms with Crippen molar-refractivity contribution in [3.05, 3.63) is 60.2 Å². The van der Waals surface area contributed by atoms with Gasteiger partial charge in [0.05, 0.1) is 12.8 Å². The summed E-state index contributed by atoms with van der Waals surface area (Å²) in [7, 11) is 3.98. The lowest BCUT2D eigenvalue weighted by atomic mass is 10.2. The maximum Gasteiger partial charge on any atom is 0.259 e. The summed E-state index contributed by atoms with van der Waals surface area (Å²) in [6, 6.07) is 17.5. The number of benzene rings is 2. The van der Waals surface area contributed by atoms with Crippen LogP contribution >= 0.6 is 0 Å². The molecule has 0 saturated carbocycles. The molecule has 2 N–H and O–H groups in total. The van der Waals surface area contributed by atoms with Gasteiger partial charge in [-0.3, -0.25) is 4.79 Å². The molecule has 114 valence electrons. The van der Waals surface area contributed by atoms with Crippen LogP contribution in [0.5, 0.6) is 0 Å². The Bertz CT molecular complexity index is 621. The Kier molecular flexibility index (Phi) is 5.54. The summed E-state index contributed by atoms with van der Waals surface area (Å²) < 4.78 is 0. The maximum absolute atomic E-state index is 11.7. The Labute approximate surface area is 130 Å². The topological polar surface area (TPSA) is 56.7 Å². The van der Waals surface area contributed by atoms with E-state index in [1.807, 2.05) is 73.6 Å². The van der Waals surface area contributed by atoms with Crippen molar-refractivity contribution in [1.82, 2.24) is 5.43 Å². The van der Waals surface area contributed by atoms with Gasteiger partial charge in [-0.2, -0.15) is 5.10 Å². The molecule has 0 atom stereocenters. The first-order valence-electron chi connectivity index (χ1n) is 7.03. The molecule has 2 rings (SSSR count). The number of carbonyl (C=O) groups is 1. The molecule has 0 heterocycles. The minimum Gasteiger partial charge on any atom is -0.378 e. The third-order valence-corrected chi connectivity index (χ3v) is 3.04. The molecule has 0 fully saturated rings. The van der Waals surface area contributed by atoms with E-state index in [-0.39, 0.29) is 12.5 Å². The van der Waals surface area contributed by atoms with Gasteiger partial charge < -0.3 is 10.2 Å². The van der Waals surface area contributed by atoms with Crippen LogP contribution in [0, 0.1) is 0 Å². The summed E-state index contributed by atoms with van der Waals surface area (Å²) in [5.74, 6) is -0.190. The highest BCUT2D eigenvalue weighted by Crippen LogP contribution is 2.10. The van der Waals surface area contributed by atoms with E-state index >= 15 is 0 Å². The molecule has 0 radical (unpaired) electrons. The maximum atomic E-state index is 11.7. The van der Waals surface area contributed by atoms with Crippen LogP contribution in [0.25, 0.3) is 0 Å². The third kappa shape index (κ3) is 4.94. The van der Waals surface area contributed by atoms with E-state index in [4.69, 9.17) is 0 Å². The van der Waals surface area contributed by atoms with Crippen LogP contribution in [0.2, 0.25) is 0 Å². The summed E-state index contributed by atoms with van der Waals surface area (Å²) in [4.78, 5) is 13.7. The molecule has 0 bridgehead atoms. The summed E-state index contributed by atoms with van der Waals surface area (Å²) in [6.07, 6.45) is 1.62. The Morgan fingerprint density at radius 1 is 1.09 bits per heavy atom. The van der Waals surface area contributed by atoms with E-state index in [0.29, 0.717) is 0 Å². The van der Waals surface area contributed by atoms with E-state index in [1.165, 1.54) is 0 Å². The fraction of sp³-hybridized carbons (Fsp3) is 0.176. The van der Waals surface area contributed by atoms with Gasteiger partial charge in [0.15, 0.2) is 0 Å². The zero-order valence-electron chi connectivity index (χ0n) is 12.8. The van der Waals surface area contributed by atoms with E-state index in [1.54, 1.807) is 6.21 Å². The van der Waals surface area contributed by atoms with Crippen molar-refractivity contribution in [1.29, 1.82) is 0 Å². The summed E-state index contributed by atoms with van der Waals surface area (Å²) in [5, 5.41) is 6.97. The molecule has 22 heavy (non-hydrogen) atoms. The predicted molar refractivity (Wildman–Crippen MR) is 91.4 cm³/mol. The highest BCUT2D eigenvalue weighted by atomic mass is 16.2. The number of para-hydroxylation sites is 1. The average molecular weight is 296 g/mol. The number of amides is 1. The minimum atomic E-state index is -0.190. The van der Waals surface area contributed by atoms with Gasteiger partial charge in [0, 0.05) is 25.5 Å². The van der Waals surface area contributed by atoms with Crippen molar-refractivity contribution in [3.63, 3.8) is 0 Å². The van der Waals surface area contributed by atoms with Crippen molar-refractivity contribution in [2.24, 2.45) is 5.10 Å². The van der Waals surface area contributed by atoms with Crippen molar-refractivity contribution >= 4 is 23.5 Å². The summed E-state index contributed by atoms with van der Waals surface area (Å²) >= 11 is 0. The van der Waals surface area contributed by atoms with E-state index in [9.17, 15) is 4.79 Å². The van der Waals surface area contributed by atoms with Crippen LogP contribution in [-0.4, -0.2) is 32.8 Å². The Hall–Kier alpha value is -2.82. The molecule has 2 aromatic carbocycles. The number of rotatable bonds is 6. The van der Waals surface area contributed by atoms with Crippen molar-refractivity contribution in [2.45, 2.75) is 0 Å². The van der Waals surface area contributed by atoms with Gasteiger partial charge in [0.2, 0.25) is 0 Å². The second kappa shape index (κ2) is 7.83. The Morgan fingerprint density at radius 2 is 1.77 bits per heavy atom. The zero-order valence-corrected chi connectivity index (χ0v) is 12.8. The SMILES string of the molecule is CN(C)c1ccc(/C=N\NC(=O)CNc2ccccc2)cc1. The molecule has 5 heteroatoms. The zero-order chi connectivity index (χ0) is 15.8. The van der Waals surface area contributed by atoms with Gasteiger partial charge in [-0.25, -0.2) is 5.43 Å². The van der Waals surface area contributed by atoms with Gasteiger partial charge in [-0.1, -0.05) is 30.3 Å². The van der Waals surface area contributed by atoms with Crippen LogP contribution < -0.4 is 15.6 Å². The first kappa shape index (κ1) is 15.6. The molecule has 0 aromatic heterocycles. The molecule has 0 spiro atoms. The van der Waals surface area contributed by atoms with Crippen molar-refractivity contribution in [2.75, 3.05) is 30.9 Å². The van der Waals surface area contributed by atoms with Crippen LogP contribution in [0.4, 0.5) is 11.4 Å². The van der Waals surface area contributed by atoms with Gasteiger partial charge in [0.25, 0.3) is 5.91 Å². The van der Waals surface area contributed by atoms with Crippen LogP contribution in [0.1, 0.15) is 5.56 Å². The second-order valence-electron chi connectivity index (χ2n) is 5.00. The van der Waals surface area contributed by atoms with E-state index in [0.717, 1.165) is 16.9 Å². The highest BCUT2D eigenvalue weighted by Gasteiger charge is 1.99. The van der Waals surface area contributed by atoms with Crippen molar-refractivity contribution < 1.29 is 4.79 Å². The summed E-state index contributed by atoms with van der Waals surface area (Å²) in [5.41, 5.74) is 5.45. The molecule has 0 aliphatic carbocycles. The first-order valence-corrected chi connectivity index (χ1v) is 7.03.